The summed E-state index contributed by atoms with van der Waals surface area (Å²) in [5.41, 5.74) is -0.0494. The molecule has 0 aliphatic heterocycles. The van der Waals surface area contributed by atoms with Crippen LogP contribution in [0.2, 0.25) is 0 Å². The summed E-state index contributed by atoms with van der Waals surface area (Å²) >= 11 is 0. The molecule has 0 N–H and O–H groups in total. The Bertz CT molecular complexity index is 2770. The molecule has 0 aromatic rings. The number of hydrogen-bond acceptors (Lipinski definition) is 15. The van der Waals surface area contributed by atoms with E-state index in [1.165, 1.54) is 103 Å². The zero-order valence-corrected chi connectivity index (χ0v) is 59.8. The molecule has 96 heavy (non-hydrogen) atoms. The lowest BCUT2D eigenvalue weighted by Gasteiger charge is -2.56. The number of fused-ring (bicyclic) bond motifs is 27. The van der Waals surface area contributed by atoms with E-state index >= 15 is 0 Å². The standard InChI is InChI=1S/C30H44O5.C26H40O5.C25H38O5/c1-3-16(2)28(31)35-25-10-21-9-24(25)27-22-7-20(26(21)27)8-23(22)29(32)34-15-33-14-30-11-17-4-18(12-30)6-19(5-17)13-30;1-4-26(2,3)25(28)31-21-13-16-12-20(21)23-18-10-15(22(16)23)11-19(18)24(27)30-14-29-17-8-6-5-7-9-17;1-3-14(2)24(26)30-21-12-16-11-20(21)23-18-9-15(22(16)23)10-19(18)25(27)29-13-28-17-7-5-4-6-8-17/h16-27H,3-15H2,1-2H3;15-23H,4-14H2,1-3H3;14-23H,3-13H2,1-2H3. The third-order valence-electron chi connectivity index (χ3n) is 31.4. The predicted octanol–water partition coefficient (Wildman–Crippen LogP) is 15.4. The van der Waals surface area contributed by atoms with Crippen molar-refractivity contribution in [1.29, 1.82) is 0 Å². The number of carbonyl (C=O) groups excluding carboxylic acids is 6. The van der Waals surface area contributed by atoms with Crippen LogP contribution in [0.3, 0.4) is 0 Å². The van der Waals surface area contributed by atoms with E-state index in [1.54, 1.807) is 0 Å². The Kier molecular flexibility index (Phi) is 20.1. The molecule has 0 aromatic heterocycles. The summed E-state index contributed by atoms with van der Waals surface area (Å²) in [6.07, 6.45) is 36.5. The van der Waals surface area contributed by atoms with Crippen LogP contribution < -0.4 is 0 Å². The van der Waals surface area contributed by atoms with Gasteiger partial charge in [-0.05, 0) is 304 Å². The summed E-state index contributed by atoms with van der Waals surface area (Å²) in [4.78, 5) is 76.5. The largest absolute Gasteiger partial charge is 0.462 e. The zero-order valence-electron chi connectivity index (χ0n) is 59.8. The molecule has 18 fully saturated rings. The van der Waals surface area contributed by atoms with E-state index in [1.807, 2.05) is 48.5 Å². The minimum atomic E-state index is -0.416. The molecule has 18 aliphatic rings. The van der Waals surface area contributed by atoms with Gasteiger partial charge >= 0.3 is 35.8 Å². The van der Waals surface area contributed by atoms with Crippen LogP contribution in [-0.4, -0.2) is 93.3 Å². The molecule has 26 unspecified atom stereocenters. The average Bonchev–Trinajstić information content (AvgIpc) is 1.54. The van der Waals surface area contributed by atoms with Gasteiger partial charge < -0.3 is 42.6 Å². The normalized spacial score (nSPS) is 45.3. The van der Waals surface area contributed by atoms with Crippen LogP contribution in [0.1, 0.15) is 248 Å². The highest BCUT2D eigenvalue weighted by Gasteiger charge is 2.70. The summed E-state index contributed by atoms with van der Waals surface area (Å²) < 4.78 is 52.7. The Morgan fingerprint density at radius 1 is 0.406 bits per heavy atom. The molecule has 0 aromatic carbocycles. The average molecular weight is 1340 g/mol. The molecule has 26 atom stereocenters. The second-order valence-electron chi connectivity index (χ2n) is 36.8. The van der Waals surface area contributed by atoms with Crippen LogP contribution in [0.4, 0.5) is 0 Å². The Morgan fingerprint density at radius 3 is 1.11 bits per heavy atom. The van der Waals surface area contributed by atoms with Crippen LogP contribution in [0, 0.1) is 165 Å². The van der Waals surface area contributed by atoms with Crippen LogP contribution in [0.15, 0.2) is 0 Å². The highest BCUT2D eigenvalue weighted by molar-refractivity contribution is 5.77. The second-order valence-corrected chi connectivity index (χ2v) is 36.8. The molecule has 0 heterocycles. The fraction of sp³-hybridized carbons (Fsp3) is 0.926. The summed E-state index contributed by atoms with van der Waals surface area (Å²) in [5.74, 6) is 13.1. The van der Waals surface area contributed by atoms with Crippen LogP contribution >= 0.6 is 0 Å². The Hall–Kier alpha value is -3.30. The molecule has 16 bridgehead atoms. The minimum Gasteiger partial charge on any atom is -0.462 e. The molecule has 15 heteroatoms. The molecule has 15 nitrogen and oxygen atoms in total. The molecule has 0 spiro atoms. The maximum absolute atomic E-state index is 13.2. The van der Waals surface area contributed by atoms with Crippen molar-refractivity contribution >= 4 is 35.8 Å². The van der Waals surface area contributed by atoms with Crippen molar-refractivity contribution in [2.75, 3.05) is 27.0 Å². The molecule has 0 saturated heterocycles. The van der Waals surface area contributed by atoms with E-state index in [0.29, 0.717) is 94.2 Å². The lowest BCUT2D eigenvalue weighted by molar-refractivity contribution is -0.175. The van der Waals surface area contributed by atoms with Gasteiger partial charge in [-0.15, -0.1) is 0 Å². The first-order valence-corrected chi connectivity index (χ1v) is 40.3. The van der Waals surface area contributed by atoms with E-state index in [4.69, 9.17) is 42.6 Å². The Labute approximate surface area is 574 Å². The molecule has 18 aliphatic carbocycles. The first kappa shape index (κ1) is 68.5. The molecular formula is C81H122O15. The van der Waals surface area contributed by atoms with Gasteiger partial charge in [0.1, 0.15) is 18.3 Å². The monoisotopic (exact) mass is 1330 g/mol. The van der Waals surface area contributed by atoms with Gasteiger partial charge in [-0.2, -0.15) is 0 Å². The van der Waals surface area contributed by atoms with E-state index in [-0.39, 0.29) is 116 Å². The van der Waals surface area contributed by atoms with Gasteiger partial charge in [0.25, 0.3) is 0 Å². The number of rotatable bonds is 22. The van der Waals surface area contributed by atoms with Crippen molar-refractivity contribution in [3.63, 3.8) is 0 Å². The summed E-state index contributed by atoms with van der Waals surface area (Å²) in [6.45, 7) is 15.1. The first-order valence-electron chi connectivity index (χ1n) is 40.3. The molecule has 18 saturated carbocycles. The quantitative estimate of drug-likeness (QED) is 0.0327. The molecule has 18 rings (SSSR count). The number of ether oxygens (including phenoxy) is 9. The van der Waals surface area contributed by atoms with Gasteiger partial charge in [0.05, 0.1) is 53.8 Å². The van der Waals surface area contributed by atoms with Crippen molar-refractivity contribution < 1.29 is 71.4 Å². The maximum atomic E-state index is 13.2. The van der Waals surface area contributed by atoms with E-state index in [9.17, 15) is 28.8 Å². The highest BCUT2D eigenvalue weighted by atomic mass is 16.7. The van der Waals surface area contributed by atoms with Crippen LogP contribution in [-0.2, 0) is 71.4 Å². The van der Waals surface area contributed by atoms with Gasteiger partial charge in [0.15, 0.2) is 20.4 Å². The first-order chi connectivity index (χ1) is 46.4. The van der Waals surface area contributed by atoms with Crippen molar-refractivity contribution in [1.82, 2.24) is 0 Å². The van der Waals surface area contributed by atoms with Crippen molar-refractivity contribution in [2.24, 2.45) is 165 Å². The minimum absolute atomic E-state index is 0.0176. The van der Waals surface area contributed by atoms with Crippen LogP contribution in [0.25, 0.3) is 0 Å². The zero-order chi connectivity index (χ0) is 66.5. The third-order valence-corrected chi connectivity index (χ3v) is 31.4. The molecular weight excluding hydrogens is 1210 g/mol. The maximum Gasteiger partial charge on any atom is 0.311 e. The van der Waals surface area contributed by atoms with E-state index < -0.39 is 5.41 Å². The number of esters is 6. The predicted molar refractivity (Wildman–Crippen MR) is 357 cm³/mol. The Balaban J connectivity index is 0.000000119. The lowest BCUT2D eigenvalue weighted by atomic mass is 9.50. The van der Waals surface area contributed by atoms with Gasteiger partial charge in [-0.1, -0.05) is 73.1 Å². The lowest BCUT2D eigenvalue weighted by Crippen LogP contribution is -2.48. The number of hydrogen-bond donors (Lipinski definition) is 0. The molecule has 0 amide bonds. The second kappa shape index (κ2) is 28.2. The van der Waals surface area contributed by atoms with Gasteiger partial charge in [0, 0.05) is 0 Å². The van der Waals surface area contributed by atoms with Gasteiger partial charge in [-0.25, -0.2) is 0 Å². The van der Waals surface area contributed by atoms with E-state index in [2.05, 4.69) is 0 Å². The highest BCUT2D eigenvalue weighted by Crippen LogP contribution is 2.72. The van der Waals surface area contributed by atoms with Gasteiger partial charge in [-0.3, -0.25) is 28.8 Å². The fourth-order valence-corrected chi connectivity index (χ4v) is 27.1. The SMILES string of the molecule is CCC(C)(C)C(=O)OC1CC2CC1C1C3CC(CC3C(=O)OCOC3CCCCC3)C21.CCC(C)C(=O)OC1CC2CC1C1C3CC(CC3C(=O)OCOC3CCCCC3)C21.CCC(C)C(=O)OC1CC2CC1C1C3CC(CC3C(=O)OCOCC34CC5CC(CC(C5)C3)C4)C21. The van der Waals surface area contributed by atoms with Crippen LogP contribution in [0.5, 0.6) is 0 Å². The van der Waals surface area contributed by atoms with Gasteiger partial charge in [0.2, 0.25) is 0 Å². The topological polar surface area (TPSA) is 185 Å². The van der Waals surface area contributed by atoms with Crippen molar-refractivity contribution in [3.05, 3.63) is 0 Å². The molecule has 0 radical (unpaired) electrons. The summed E-state index contributed by atoms with van der Waals surface area (Å²) in [5, 5.41) is 0. The smallest absolute Gasteiger partial charge is 0.311 e. The molecule has 536 valence electrons. The van der Waals surface area contributed by atoms with Crippen molar-refractivity contribution in [3.8, 4) is 0 Å². The fourth-order valence-electron chi connectivity index (χ4n) is 27.1. The Morgan fingerprint density at radius 2 is 0.750 bits per heavy atom. The summed E-state index contributed by atoms with van der Waals surface area (Å²) in [7, 11) is 0. The number of carbonyl (C=O) groups is 6. The van der Waals surface area contributed by atoms with Crippen molar-refractivity contribution in [2.45, 2.75) is 278 Å². The summed E-state index contributed by atoms with van der Waals surface area (Å²) in [6, 6.07) is 0. The van der Waals surface area contributed by atoms with E-state index in [0.717, 1.165) is 138 Å². The third kappa shape index (κ3) is 13.0.